The molecule has 0 atom stereocenters. The Morgan fingerprint density at radius 2 is 0.936 bits per heavy atom. The van der Waals surface area contributed by atoms with Crippen molar-refractivity contribution in [2.45, 2.75) is 0 Å². The van der Waals surface area contributed by atoms with Crippen LogP contribution in [0.3, 0.4) is 0 Å². The van der Waals surface area contributed by atoms with Crippen LogP contribution in [0.1, 0.15) is 6.85 Å². The average Bonchev–Trinajstić information content (AvgIpc) is 3.56. The van der Waals surface area contributed by atoms with Crippen LogP contribution in [0.25, 0.3) is 98.4 Å². The van der Waals surface area contributed by atoms with Crippen LogP contribution in [0.4, 0.5) is 0 Å². The Morgan fingerprint density at radius 3 is 1.64 bits per heavy atom. The lowest BCUT2D eigenvalue weighted by Gasteiger charge is -2.19. The standard InChI is InChI=1S/C46H28O/c1-2-12-29(13-3-1)30-22-24-31(25-23-30)43-36-18-8-10-20-38(36)44(39-21-11-9-19-37(39)43)45-35-17-7-6-16-34(35)27-41-40-26-32-14-4-5-15-33(32)28-42(40)47-46(41)45/h1-28H/i6D,7D,16D,17D,27D. The summed E-state index contributed by atoms with van der Waals surface area (Å²) in [6, 6.07) is 46.3. The average molecular weight is 602 g/mol. The summed E-state index contributed by atoms with van der Waals surface area (Å²) in [5.41, 5.74) is 6.81. The topological polar surface area (TPSA) is 13.1 Å². The maximum absolute atomic E-state index is 9.55. The van der Waals surface area contributed by atoms with Crippen molar-refractivity contribution in [3.05, 3.63) is 170 Å². The van der Waals surface area contributed by atoms with Gasteiger partial charge in [0.15, 0.2) is 0 Å². The second kappa shape index (κ2) is 10.2. The van der Waals surface area contributed by atoms with Gasteiger partial charge in [-0.2, -0.15) is 0 Å². The lowest BCUT2D eigenvalue weighted by Crippen LogP contribution is -1.92. The summed E-state index contributed by atoms with van der Waals surface area (Å²) in [6.07, 6.45) is 0. The Morgan fingerprint density at radius 1 is 0.383 bits per heavy atom. The zero-order chi connectivity index (χ0) is 35.2. The van der Waals surface area contributed by atoms with E-state index >= 15 is 0 Å². The van der Waals surface area contributed by atoms with E-state index < -0.39 is 0 Å². The van der Waals surface area contributed by atoms with Crippen molar-refractivity contribution in [3.63, 3.8) is 0 Å². The largest absolute Gasteiger partial charge is 0.455 e. The molecule has 0 radical (unpaired) electrons. The molecule has 1 heterocycles. The van der Waals surface area contributed by atoms with Gasteiger partial charge in [0, 0.05) is 21.9 Å². The van der Waals surface area contributed by atoms with Gasteiger partial charge >= 0.3 is 0 Å². The van der Waals surface area contributed by atoms with Crippen molar-refractivity contribution in [2.24, 2.45) is 0 Å². The number of hydrogen-bond acceptors (Lipinski definition) is 1. The molecule has 0 aliphatic carbocycles. The van der Waals surface area contributed by atoms with Crippen LogP contribution in [0.15, 0.2) is 174 Å². The van der Waals surface area contributed by atoms with E-state index in [1.165, 1.54) is 0 Å². The quantitative estimate of drug-likeness (QED) is 0.184. The molecule has 47 heavy (non-hydrogen) atoms. The number of benzene rings is 9. The molecule has 0 fully saturated rings. The van der Waals surface area contributed by atoms with Gasteiger partial charge in [-0.15, -0.1) is 0 Å². The van der Waals surface area contributed by atoms with Crippen molar-refractivity contribution in [1.29, 1.82) is 0 Å². The number of hydrogen-bond donors (Lipinski definition) is 0. The van der Waals surface area contributed by atoms with Gasteiger partial charge in [-0.05, 0) is 83.5 Å². The van der Waals surface area contributed by atoms with Crippen molar-refractivity contribution < 1.29 is 11.3 Å². The lowest BCUT2D eigenvalue weighted by atomic mass is 9.84. The molecule has 0 bridgehead atoms. The van der Waals surface area contributed by atoms with Crippen molar-refractivity contribution >= 4 is 65.0 Å². The maximum Gasteiger partial charge on any atom is 0.143 e. The van der Waals surface area contributed by atoms with E-state index in [9.17, 15) is 2.74 Å². The number of rotatable bonds is 3. The third kappa shape index (κ3) is 3.97. The predicted molar refractivity (Wildman–Crippen MR) is 200 cm³/mol. The molecular weight excluding hydrogens is 569 g/mol. The van der Waals surface area contributed by atoms with Gasteiger partial charge < -0.3 is 4.42 Å². The Hall–Kier alpha value is -6.18. The smallest absolute Gasteiger partial charge is 0.143 e. The molecule has 0 saturated heterocycles. The Balaban J connectivity index is 1.39. The molecule has 0 spiro atoms. The summed E-state index contributed by atoms with van der Waals surface area (Å²) in [5.74, 6) is 0. The minimum Gasteiger partial charge on any atom is -0.455 e. The fraction of sp³-hybridized carbons (Fsp3) is 0. The van der Waals surface area contributed by atoms with Crippen LogP contribution in [0, 0.1) is 0 Å². The second-order valence-electron chi connectivity index (χ2n) is 12.0. The highest BCUT2D eigenvalue weighted by Gasteiger charge is 2.23. The Bertz CT molecular complexity index is 3050. The molecule has 1 nitrogen and oxygen atoms in total. The first-order valence-electron chi connectivity index (χ1n) is 18.3. The Kier molecular flexibility index (Phi) is 4.66. The first-order valence-corrected chi connectivity index (χ1v) is 15.8. The molecule has 0 amide bonds. The van der Waals surface area contributed by atoms with E-state index in [4.69, 9.17) is 8.53 Å². The third-order valence-electron chi connectivity index (χ3n) is 9.43. The molecule has 0 N–H and O–H groups in total. The van der Waals surface area contributed by atoms with Crippen molar-refractivity contribution in [3.8, 4) is 33.4 Å². The molecule has 10 aromatic rings. The van der Waals surface area contributed by atoms with E-state index in [1.807, 2.05) is 78.9 Å². The molecule has 0 aliphatic heterocycles. The van der Waals surface area contributed by atoms with Gasteiger partial charge in [0.25, 0.3) is 0 Å². The first kappa shape index (κ1) is 21.5. The molecule has 1 aromatic heterocycles. The van der Waals surface area contributed by atoms with Crippen molar-refractivity contribution in [2.75, 3.05) is 0 Å². The second-order valence-corrected chi connectivity index (χ2v) is 12.0. The van der Waals surface area contributed by atoms with Crippen molar-refractivity contribution in [1.82, 2.24) is 0 Å². The molecule has 1 heteroatoms. The molecule has 0 saturated carbocycles. The zero-order valence-corrected chi connectivity index (χ0v) is 25.2. The SMILES string of the molecule is [2H]c1c([2H])c([2H])c2c([2H])c3c(oc4cc5ccccc5cc43)c(-c3c4ccccc4c(-c4ccc(-c5ccccc5)cc4)c4ccccc34)c2c1[2H]. The molecule has 0 unspecified atom stereocenters. The van der Waals surface area contributed by atoms with Crippen LogP contribution in [-0.4, -0.2) is 0 Å². The molecular formula is C46H28O. The highest BCUT2D eigenvalue weighted by atomic mass is 16.3. The lowest BCUT2D eigenvalue weighted by molar-refractivity contribution is 0.671. The van der Waals surface area contributed by atoms with Crippen LogP contribution in [0.2, 0.25) is 0 Å². The summed E-state index contributed by atoms with van der Waals surface area (Å²) in [6.45, 7) is 0. The highest BCUT2D eigenvalue weighted by Crippen LogP contribution is 2.49. The minimum absolute atomic E-state index is 0.0264. The summed E-state index contributed by atoms with van der Waals surface area (Å²) in [4.78, 5) is 0. The van der Waals surface area contributed by atoms with Crippen LogP contribution in [-0.2, 0) is 0 Å². The number of fused-ring (bicyclic) bond motifs is 7. The minimum atomic E-state index is -0.362. The summed E-state index contributed by atoms with van der Waals surface area (Å²) in [7, 11) is 0. The Labute approximate surface area is 279 Å². The van der Waals surface area contributed by atoms with Gasteiger partial charge in [-0.1, -0.05) is 152 Å². The van der Waals surface area contributed by atoms with Crippen LogP contribution in [0.5, 0.6) is 0 Å². The monoisotopic (exact) mass is 601 g/mol. The number of furan rings is 1. The molecule has 0 aliphatic rings. The van der Waals surface area contributed by atoms with E-state index in [1.54, 1.807) is 0 Å². The van der Waals surface area contributed by atoms with Gasteiger partial charge in [0.1, 0.15) is 11.2 Å². The van der Waals surface area contributed by atoms with Gasteiger partial charge in [0.2, 0.25) is 0 Å². The summed E-state index contributed by atoms with van der Waals surface area (Å²) < 4.78 is 52.2. The predicted octanol–water partition coefficient (Wildman–Crippen LogP) is 13.2. The van der Waals surface area contributed by atoms with Crippen LogP contribution < -0.4 is 0 Å². The fourth-order valence-corrected chi connectivity index (χ4v) is 7.32. The van der Waals surface area contributed by atoms with Gasteiger partial charge in [0.05, 0.1) is 6.85 Å². The van der Waals surface area contributed by atoms with Gasteiger partial charge in [-0.3, -0.25) is 0 Å². The molecule has 10 rings (SSSR count). The van der Waals surface area contributed by atoms with Crippen LogP contribution >= 0.6 is 0 Å². The highest BCUT2D eigenvalue weighted by molar-refractivity contribution is 6.28. The van der Waals surface area contributed by atoms with E-state index in [0.29, 0.717) is 22.1 Å². The van der Waals surface area contributed by atoms with Gasteiger partial charge in [-0.25, -0.2) is 0 Å². The normalized spacial score (nSPS) is 13.3. The molecule has 218 valence electrons. The summed E-state index contributed by atoms with van der Waals surface area (Å²) >= 11 is 0. The molecule has 9 aromatic carbocycles. The van der Waals surface area contributed by atoms with E-state index in [-0.39, 0.29) is 41.0 Å². The fourth-order valence-electron chi connectivity index (χ4n) is 7.32. The maximum atomic E-state index is 9.55. The van der Waals surface area contributed by atoms with E-state index in [0.717, 1.165) is 65.5 Å². The third-order valence-corrected chi connectivity index (χ3v) is 9.43. The van der Waals surface area contributed by atoms with E-state index in [2.05, 4.69) is 60.7 Å². The first-order chi connectivity index (χ1) is 25.4. The zero-order valence-electron chi connectivity index (χ0n) is 30.2. The summed E-state index contributed by atoms with van der Waals surface area (Å²) in [5, 5.41) is 7.55.